The summed E-state index contributed by atoms with van der Waals surface area (Å²) in [5.41, 5.74) is 0.279. The topological polar surface area (TPSA) is 102 Å². The lowest BCUT2D eigenvalue weighted by Crippen LogP contribution is -2.16. The number of carbonyl (C=O) groups excluding carboxylic acids is 2. The molecule has 26 heavy (non-hydrogen) atoms. The first kappa shape index (κ1) is 18.7. The number of nitrogens with zero attached hydrogens (tertiary/aromatic N) is 2. The Hall–Kier alpha value is -2.04. The molecular weight excluding hydrogens is 442 g/mol. The molecule has 10 heteroatoms. The lowest BCUT2D eigenvalue weighted by Gasteiger charge is -2.06. The third kappa shape index (κ3) is 3.71. The number of H-pyrrole nitrogens is 1. The van der Waals surface area contributed by atoms with Gasteiger partial charge in [0.15, 0.2) is 16.6 Å². The van der Waals surface area contributed by atoms with E-state index in [1.807, 2.05) is 5.38 Å². The van der Waals surface area contributed by atoms with E-state index in [0.717, 1.165) is 16.2 Å². The Balaban J connectivity index is 1.94. The highest BCUT2D eigenvalue weighted by atomic mass is 79.9. The van der Waals surface area contributed by atoms with Gasteiger partial charge in [0.1, 0.15) is 0 Å². The summed E-state index contributed by atoms with van der Waals surface area (Å²) in [5, 5.41) is 2.15. The second-order valence-corrected chi connectivity index (χ2v) is 7.92. The van der Waals surface area contributed by atoms with Gasteiger partial charge in [-0.05, 0) is 40.4 Å². The fourth-order valence-corrected chi connectivity index (χ4v) is 4.63. The van der Waals surface area contributed by atoms with Gasteiger partial charge in [-0.25, -0.2) is 14.8 Å². The van der Waals surface area contributed by atoms with Crippen LogP contribution in [0.15, 0.2) is 31.9 Å². The molecule has 0 spiro atoms. The Labute approximate surface area is 164 Å². The quantitative estimate of drug-likeness (QED) is 0.273. The number of halogens is 1. The predicted molar refractivity (Wildman–Crippen MR) is 103 cm³/mol. The van der Waals surface area contributed by atoms with Gasteiger partial charge in [-0.1, -0.05) is 11.8 Å². The van der Waals surface area contributed by atoms with Gasteiger partial charge in [-0.15, -0.1) is 11.3 Å². The fraction of sp³-hybridized carbons (Fsp3) is 0.188. The minimum atomic E-state index is -0.633. The van der Waals surface area contributed by atoms with Gasteiger partial charge in [-0.2, -0.15) is 0 Å². The van der Waals surface area contributed by atoms with E-state index in [1.165, 1.54) is 24.5 Å². The summed E-state index contributed by atoms with van der Waals surface area (Å²) >= 11 is 5.77. The van der Waals surface area contributed by atoms with Gasteiger partial charge < -0.3 is 9.72 Å². The number of carbonyl (C=O) groups is 2. The largest absolute Gasteiger partial charge is 0.465 e. The van der Waals surface area contributed by atoms with Crippen molar-refractivity contribution in [3.8, 4) is 0 Å². The van der Waals surface area contributed by atoms with Crippen molar-refractivity contribution in [2.24, 2.45) is 0 Å². The summed E-state index contributed by atoms with van der Waals surface area (Å²) in [6.07, 6.45) is 0. The van der Waals surface area contributed by atoms with Crippen LogP contribution >= 0.6 is 39.0 Å². The first-order chi connectivity index (χ1) is 12.4. The number of methoxy groups -OCH3 is 1. The number of aryl methyl sites for hydroxylation is 1. The Morgan fingerprint density at radius 3 is 2.81 bits per heavy atom. The molecule has 0 aliphatic heterocycles. The van der Waals surface area contributed by atoms with E-state index in [2.05, 4.69) is 30.9 Å². The van der Waals surface area contributed by atoms with Crippen LogP contribution in [0.4, 0.5) is 0 Å². The van der Waals surface area contributed by atoms with Crippen LogP contribution < -0.4 is 5.56 Å². The van der Waals surface area contributed by atoms with Gasteiger partial charge in [-0.3, -0.25) is 9.59 Å². The Morgan fingerprint density at radius 2 is 2.15 bits per heavy atom. The van der Waals surface area contributed by atoms with Crippen LogP contribution in [-0.4, -0.2) is 39.6 Å². The number of ketones is 1. The minimum absolute atomic E-state index is 0.0686. The molecule has 1 N–H and O–H groups in total. The number of aromatic amines is 1. The standard InChI is InChI=1S/C16H12BrN3O4S2/c1-7-5-8(15(23)24-2)11-13(18-7)19-16(20-14(11)22)26-6-10(21)12-9(17)3-4-25-12/h3-5H,6H2,1-2H3,(H,18,19,20,22). The maximum atomic E-state index is 12.4. The number of ether oxygens (including phenoxy) is 1. The molecule has 0 saturated heterocycles. The number of esters is 1. The lowest BCUT2D eigenvalue weighted by atomic mass is 10.1. The number of aromatic nitrogens is 3. The molecule has 3 aromatic rings. The Kier molecular flexibility index (Phi) is 5.54. The van der Waals surface area contributed by atoms with Crippen molar-refractivity contribution in [2.45, 2.75) is 12.1 Å². The van der Waals surface area contributed by atoms with Crippen molar-refractivity contribution in [3.05, 3.63) is 48.5 Å². The van der Waals surface area contributed by atoms with E-state index in [1.54, 1.807) is 13.0 Å². The van der Waals surface area contributed by atoms with Crippen LogP contribution in [0.25, 0.3) is 11.0 Å². The molecule has 0 atom stereocenters. The van der Waals surface area contributed by atoms with Crippen molar-refractivity contribution in [1.82, 2.24) is 15.0 Å². The summed E-state index contributed by atoms with van der Waals surface area (Å²) in [6, 6.07) is 3.29. The zero-order chi connectivity index (χ0) is 18.8. The molecule has 0 unspecified atom stereocenters. The minimum Gasteiger partial charge on any atom is -0.465 e. The Bertz CT molecular complexity index is 1080. The number of hydrogen-bond donors (Lipinski definition) is 1. The third-order valence-electron chi connectivity index (χ3n) is 3.40. The number of Topliss-reactive ketones (excluding diaryl/α,β-unsaturated/α-hetero) is 1. The van der Waals surface area contributed by atoms with Gasteiger partial charge in [0.2, 0.25) is 0 Å². The number of hydrogen-bond acceptors (Lipinski definition) is 8. The van der Waals surface area contributed by atoms with Crippen LogP contribution in [0, 0.1) is 6.92 Å². The van der Waals surface area contributed by atoms with Crippen molar-refractivity contribution in [3.63, 3.8) is 0 Å². The number of nitrogens with one attached hydrogen (secondary N) is 1. The molecule has 0 aliphatic rings. The Morgan fingerprint density at radius 1 is 1.38 bits per heavy atom. The molecule has 0 radical (unpaired) electrons. The van der Waals surface area contributed by atoms with Crippen molar-refractivity contribution in [1.29, 1.82) is 0 Å². The van der Waals surface area contributed by atoms with E-state index >= 15 is 0 Å². The van der Waals surface area contributed by atoms with Crippen LogP contribution in [-0.2, 0) is 4.74 Å². The van der Waals surface area contributed by atoms with Crippen LogP contribution in [0.1, 0.15) is 25.7 Å². The molecule has 0 bridgehead atoms. The monoisotopic (exact) mass is 453 g/mol. The lowest BCUT2D eigenvalue weighted by molar-refractivity contribution is 0.0602. The maximum absolute atomic E-state index is 12.4. The number of thiophene rings is 1. The van der Waals surface area contributed by atoms with E-state index in [9.17, 15) is 14.4 Å². The number of thioether (sulfide) groups is 1. The summed E-state index contributed by atoms with van der Waals surface area (Å²) < 4.78 is 5.46. The van der Waals surface area contributed by atoms with E-state index in [-0.39, 0.29) is 33.3 Å². The highest BCUT2D eigenvalue weighted by Gasteiger charge is 2.18. The normalized spacial score (nSPS) is 10.9. The van der Waals surface area contributed by atoms with E-state index in [0.29, 0.717) is 10.6 Å². The highest BCUT2D eigenvalue weighted by molar-refractivity contribution is 9.10. The van der Waals surface area contributed by atoms with Gasteiger partial charge in [0, 0.05) is 10.2 Å². The van der Waals surface area contributed by atoms with Gasteiger partial charge in [0.05, 0.1) is 28.7 Å². The molecule has 3 aromatic heterocycles. The van der Waals surface area contributed by atoms with Crippen LogP contribution in [0.3, 0.4) is 0 Å². The zero-order valence-corrected chi connectivity index (χ0v) is 16.9. The number of fused-ring (bicyclic) bond motifs is 1. The zero-order valence-electron chi connectivity index (χ0n) is 13.7. The average Bonchev–Trinajstić information content (AvgIpc) is 3.04. The van der Waals surface area contributed by atoms with Crippen LogP contribution in [0.5, 0.6) is 0 Å². The first-order valence-corrected chi connectivity index (χ1v) is 9.95. The molecule has 0 aliphatic carbocycles. The maximum Gasteiger partial charge on any atom is 0.338 e. The van der Waals surface area contributed by atoms with Crippen molar-refractivity contribution in [2.75, 3.05) is 12.9 Å². The molecule has 3 heterocycles. The second-order valence-electron chi connectivity index (χ2n) is 5.18. The SMILES string of the molecule is COC(=O)c1cc(C)nc2nc(SCC(=O)c3sccc3Br)[nH]c(=O)c12. The molecule has 7 nitrogen and oxygen atoms in total. The average molecular weight is 454 g/mol. The van der Waals surface area contributed by atoms with E-state index < -0.39 is 11.5 Å². The summed E-state index contributed by atoms with van der Waals surface area (Å²) in [6.45, 7) is 1.69. The molecule has 0 fully saturated rings. The highest BCUT2D eigenvalue weighted by Crippen LogP contribution is 2.25. The smallest absolute Gasteiger partial charge is 0.338 e. The first-order valence-electron chi connectivity index (χ1n) is 7.29. The predicted octanol–water partition coefficient (Wildman–Crippen LogP) is 3.21. The molecule has 0 aromatic carbocycles. The summed E-state index contributed by atoms with van der Waals surface area (Å²) in [5.74, 6) is -0.596. The molecule has 0 amide bonds. The van der Waals surface area contributed by atoms with E-state index in [4.69, 9.17) is 4.74 Å². The molecule has 0 saturated carbocycles. The third-order valence-corrected chi connectivity index (χ3v) is 6.15. The van der Waals surface area contributed by atoms with Crippen molar-refractivity contribution < 1.29 is 14.3 Å². The van der Waals surface area contributed by atoms with Gasteiger partial charge >= 0.3 is 5.97 Å². The van der Waals surface area contributed by atoms with Gasteiger partial charge in [0.25, 0.3) is 5.56 Å². The number of pyridine rings is 1. The van der Waals surface area contributed by atoms with Crippen molar-refractivity contribution >= 4 is 61.8 Å². The second kappa shape index (κ2) is 7.68. The number of rotatable bonds is 5. The summed E-state index contributed by atoms with van der Waals surface area (Å²) in [7, 11) is 1.24. The summed E-state index contributed by atoms with van der Waals surface area (Å²) in [4.78, 5) is 48.3. The van der Waals surface area contributed by atoms with Crippen LogP contribution in [0.2, 0.25) is 0 Å². The molecular formula is C16H12BrN3O4S2. The molecule has 3 rings (SSSR count). The molecule has 134 valence electrons. The fourth-order valence-electron chi connectivity index (χ4n) is 2.28.